The third-order valence-corrected chi connectivity index (χ3v) is 4.63. The standard InChI is InChI=1S/C12H17N3O3S/c1-3-15(8-4-7-13)19(16,17)10-5-6-12(18-2)11(14)9-10/h5-6,9H,3-4,8,14H2,1-2H3. The lowest BCUT2D eigenvalue weighted by molar-refractivity contribution is 0.416. The van der Waals surface area contributed by atoms with Gasteiger partial charge in [0.15, 0.2) is 0 Å². The van der Waals surface area contributed by atoms with Crippen LogP contribution in [0.2, 0.25) is 0 Å². The number of methoxy groups -OCH3 is 1. The Hall–Kier alpha value is -1.78. The minimum absolute atomic E-state index is 0.102. The fourth-order valence-electron chi connectivity index (χ4n) is 1.64. The van der Waals surface area contributed by atoms with Crippen molar-refractivity contribution in [2.75, 3.05) is 25.9 Å². The molecule has 0 amide bonds. The Balaban J connectivity index is 3.12. The molecule has 0 radical (unpaired) electrons. The predicted octanol–water partition coefficient (Wildman–Crippen LogP) is 1.20. The molecule has 7 heteroatoms. The van der Waals surface area contributed by atoms with Crippen LogP contribution in [0.5, 0.6) is 5.75 Å². The van der Waals surface area contributed by atoms with E-state index < -0.39 is 10.0 Å². The van der Waals surface area contributed by atoms with Gasteiger partial charge < -0.3 is 10.5 Å². The Labute approximate surface area is 113 Å². The van der Waals surface area contributed by atoms with Gasteiger partial charge >= 0.3 is 0 Å². The van der Waals surface area contributed by atoms with Crippen LogP contribution in [0.25, 0.3) is 0 Å². The molecule has 0 unspecified atom stereocenters. The summed E-state index contributed by atoms with van der Waals surface area (Å²) in [5, 5.41) is 8.55. The lowest BCUT2D eigenvalue weighted by Gasteiger charge is -2.19. The van der Waals surface area contributed by atoms with Crippen LogP contribution in [0.15, 0.2) is 23.1 Å². The first-order valence-electron chi connectivity index (χ1n) is 5.78. The molecule has 0 aliphatic heterocycles. The van der Waals surface area contributed by atoms with Crippen molar-refractivity contribution in [3.05, 3.63) is 18.2 Å². The first kappa shape index (κ1) is 15.3. The van der Waals surface area contributed by atoms with E-state index >= 15 is 0 Å². The van der Waals surface area contributed by atoms with E-state index in [9.17, 15) is 8.42 Å². The van der Waals surface area contributed by atoms with E-state index in [2.05, 4.69) is 0 Å². The molecule has 19 heavy (non-hydrogen) atoms. The molecule has 1 rings (SSSR count). The maximum atomic E-state index is 12.3. The summed E-state index contributed by atoms with van der Waals surface area (Å²) in [6.07, 6.45) is 0.151. The lowest BCUT2D eigenvalue weighted by Crippen LogP contribution is -2.31. The average Bonchev–Trinajstić information content (AvgIpc) is 2.39. The number of hydrogen-bond acceptors (Lipinski definition) is 5. The third-order valence-electron chi connectivity index (χ3n) is 2.66. The number of nitrogens with zero attached hydrogens (tertiary/aromatic N) is 2. The lowest BCUT2D eigenvalue weighted by atomic mass is 10.3. The highest BCUT2D eigenvalue weighted by Crippen LogP contribution is 2.26. The van der Waals surface area contributed by atoms with E-state index in [0.717, 1.165) is 0 Å². The zero-order valence-corrected chi connectivity index (χ0v) is 11.8. The van der Waals surface area contributed by atoms with Crippen LogP contribution in [0.3, 0.4) is 0 Å². The van der Waals surface area contributed by atoms with Gasteiger partial charge in [-0.05, 0) is 18.2 Å². The summed E-state index contributed by atoms with van der Waals surface area (Å²) < 4.78 is 30.9. The molecule has 0 saturated heterocycles. The summed E-state index contributed by atoms with van der Waals surface area (Å²) in [6, 6.07) is 6.26. The molecule has 1 aromatic rings. The second-order valence-electron chi connectivity index (χ2n) is 3.81. The van der Waals surface area contributed by atoms with E-state index in [4.69, 9.17) is 15.7 Å². The highest BCUT2D eigenvalue weighted by atomic mass is 32.2. The molecule has 0 aliphatic rings. The van der Waals surface area contributed by atoms with Crippen LogP contribution >= 0.6 is 0 Å². The molecule has 0 aromatic heterocycles. The summed E-state index contributed by atoms with van der Waals surface area (Å²) >= 11 is 0. The smallest absolute Gasteiger partial charge is 0.243 e. The largest absolute Gasteiger partial charge is 0.495 e. The number of ether oxygens (including phenoxy) is 1. The second-order valence-corrected chi connectivity index (χ2v) is 5.75. The number of nitrogens with two attached hydrogens (primary N) is 1. The Morgan fingerprint density at radius 3 is 2.63 bits per heavy atom. The van der Waals surface area contributed by atoms with Gasteiger partial charge in [0.05, 0.1) is 23.8 Å². The maximum absolute atomic E-state index is 12.3. The molecule has 0 atom stereocenters. The van der Waals surface area contributed by atoms with E-state index in [0.29, 0.717) is 12.3 Å². The fourth-order valence-corrected chi connectivity index (χ4v) is 3.13. The summed E-state index contributed by atoms with van der Waals surface area (Å²) in [6.45, 7) is 2.19. The van der Waals surface area contributed by atoms with Gasteiger partial charge in [0, 0.05) is 19.5 Å². The van der Waals surface area contributed by atoms with E-state index in [1.165, 1.54) is 29.6 Å². The normalized spacial score (nSPS) is 11.3. The van der Waals surface area contributed by atoms with Gasteiger partial charge in [-0.25, -0.2) is 8.42 Å². The zero-order chi connectivity index (χ0) is 14.5. The summed E-state index contributed by atoms with van der Waals surface area (Å²) in [4.78, 5) is 0.102. The van der Waals surface area contributed by atoms with Crippen molar-refractivity contribution in [1.82, 2.24) is 4.31 Å². The van der Waals surface area contributed by atoms with Crippen molar-refractivity contribution in [3.63, 3.8) is 0 Å². The topological polar surface area (TPSA) is 96.4 Å². The summed E-state index contributed by atoms with van der Waals surface area (Å²) in [7, 11) is -2.16. The van der Waals surface area contributed by atoms with Crippen molar-refractivity contribution < 1.29 is 13.2 Å². The van der Waals surface area contributed by atoms with Crippen LogP contribution < -0.4 is 10.5 Å². The van der Waals surface area contributed by atoms with Gasteiger partial charge in [0.25, 0.3) is 0 Å². The maximum Gasteiger partial charge on any atom is 0.243 e. The highest BCUT2D eigenvalue weighted by molar-refractivity contribution is 7.89. The van der Waals surface area contributed by atoms with E-state index in [-0.39, 0.29) is 23.5 Å². The summed E-state index contributed by atoms with van der Waals surface area (Å²) in [5.74, 6) is 0.430. The first-order chi connectivity index (χ1) is 8.97. The van der Waals surface area contributed by atoms with Crippen LogP contribution in [-0.2, 0) is 10.0 Å². The molecule has 2 N–H and O–H groups in total. The Morgan fingerprint density at radius 1 is 1.47 bits per heavy atom. The Morgan fingerprint density at radius 2 is 2.16 bits per heavy atom. The van der Waals surface area contributed by atoms with Crippen molar-refractivity contribution in [2.24, 2.45) is 0 Å². The number of rotatable bonds is 6. The number of benzene rings is 1. The molecule has 0 spiro atoms. The van der Waals surface area contributed by atoms with Crippen molar-refractivity contribution in [1.29, 1.82) is 5.26 Å². The van der Waals surface area contributed by atoms with Crippen molar-refractivity contribution in [2.45, 2.75) is 18.2 Å². The molecule has 6 nitrogen and oxygen atoms in total. The number of anilines is 1. The van der Waals surface area contributed by atoms with Gasteiger partial charge in [0.1, 0.15) is 5.75 Å². The zero-order valence-electron chi connectivity index (χ0n) is 11.0. The van der Waals surface area contributed by atoms with Crippen LogP contribution in [-0.4, -0.2) is 32.9 Å². The summed E-state index contributed by atoms with van der Waals surface area (Å²) in [5.41, 5.74) is 5.97. The molecule has 0 bridgehead atoms. The average molecular weight is 283 g/mol. The molecule has 0 heterocycles. The second kappa shape index (κ2) is 6.41. The highest BCUT2D eigenvalue weighted by Gasteiger charge is 2.23. The number of sulfonamides is 1. The van der Waals surface area contributed by atoms with Crippen LogP contribution in [0, 0.1) is 11.3 Å². The Bertz CT molecular complexity index is 578. The SMILES string of the molecule is CCN(CCC#N)S(=O)(=O)c1ccc(OC)c(N)c1. The van der Waals surface area contributed by atoms with Crippen LogP contribution in [0.4, 0.5) is 5.69 Å². The molecule has 1 aromatic carbocycles. The van der Waals surface area contributed by atoms with Gasteiger partial charge in [0.2, 0.25) is 10.0 Å². The minimum Gasteiger partial charge on any atom is -0.495 e. The van der Waals surface area contributed by atoms with E-state index in [1.807, 2.05) is 6.07 Å². The van der Waals surface area contributed by atoms with Crippen LogP contribution in [0.1, 0.15) is 13.3 Å². The fraction of sp³-hybridized carbons (Fsp3) is 0.417. The molecular weight excluding hydrogens is 266 g/mol. The van der Waals surface area contributed by atoms with Crippen molar-refractivity contribution in [3.8, 4) is 11.8 Å². The van der Waals surface area contributed by atoms with Gasteiger partial charge in [-0.2, -0.15) is 9.57 Å². The third kappa shape index (κ3) is 3.36. The van der Waals surface area contributed by atoms with Gasteiger partial charge in [-0.15, -0.1) is 0 Å². The first-order valence-corrected chi connectivity index (χ1v) is 7.22. The monoisotopic (exact) mass is 283 g/mol. The molecule has 0 fully saturated rings. The molecule has 104 valence electrons. The molecule has 0 aliphatic carbocycles. The minimum atomic E-state index is -3.62. The molecular formula is C12H17N3O3S. The number of hydrogen-bond donors (Lipinski definition) is 1. The quantitative estimate of drug-likeness (QED) is 0.791. The Kier molecular flexibility index (Phi) is 5.15. The van der Waals surface area contributed by atoms with Gasteiger partial charge in [-0.3, -0.25) is 0 Å². The predicted molar refractivity (Wildman–Crippen MR) is 72.1 cm³/mol. The number of nitriles is 1. The number of nitrogen functional groups attached to an aromatic ring is 1. The molecule has 0 saturated carbocycles. The van der Waals surface area contributed by atoms with Gasteiger partial charge in [-0.1, -0.05) is 6.92 Å². The van der Waals surface area contributed by atoms with E-state index in [1.54, 1.807) is 6.92 Å². The van der Waals surface area contributed by atoms with Crippen molar-refractivity contribution >= 4 is 15.7 Å².